The third-order valence-corrected chi connectivity index (χ3v) is 5.71. The molecule has 1 aromatic heterocycles. The fourth-order valence-corrected chi connectivity index (χ4v) is 3.53. The molecule has 0 aliphatic rings. The smallest absolute Gasteiger partial charge is 0.234 e. The van der Waals surface area contributed by atoms with Gasteiger partial charge in [0.15, 0.2) is 0 Å². The minimum absolute atomic E-state index is 0.0550. The molecule has 3 aromatic rings. The second-order valence-corrected chi connectivity index (χ2v) is 8.25. The monoisotopic (exact) mass is 396 g/mol. The van der Waals surface area contributed by atoms with Gasteiger partial charge in [0.05, 0.1) is 5.41 Å². The molecule has 0 saturated heterocycles. The highest BCUT2D eigenvalue weighted by atomic mass is 35.5. The van der Waals surface area contributed by atoms with Crippen LogP contribution < -0.4 is 5.32 Å². The maximum Gasteiger partial charge on any atom is 0.234 e. The fourth-order valence-electron chi connectivity index (χ4n) is 2.57. The van der Waals surface area contributed by atoms with E-state index < -0.39 is 5.41 Å². The van der Waals surface area contributed by atoms with Gasteiger partial charge >= 0.3 is 0 Å². The fraction of sp³-hybridized carbons (Fsp3) is 0.182. The Hall–Kier alpha value is -2.30. The summed E-state index contributed by atoms with van der Waals surface area (Å²) < 4.78 is 0. The van der Waals surface area contributed by atoms with Crippen molar-refractivity contribution in [2.45, 2.75) is 29.9 Å². The summed E-state index contributed by atoms with van der Waals surface area (Å²) in [6.07, 6.45) is 3.65. The van der Waals surface area contributed by atoms with Gasteiger partial charge in [-0.1, -0.05) is 29.8 Å². The van der Waals surface area contributed by atoms with Crippen molar-refractivity contribution < 1.29 is 4.79 Å². The van der Waals surface area contributed by atoms with E-state index in [0.29, 0.717) is 5.02 Å². The summed E-state index contributed by atoms with van der Waals surface area (Å²) in [5.41, 5.74) is 2.24. The summed E-state index contributed by atoms with van der Waals surface area (Å²) in [5, 5.41) is 3.67. The quantitative estimate of drug-likeness (QED) is 0.524. The van der Waals surface area contributed by atoms with Crippen molar-refractivity contribution in [2.75, 3.05) is 5.32 Å². The number of hydrogen-bond acceptors (Lipinski definition) is 3. The number of halogens is 1. The van der Waals surface area contributed by atoms with Gasteiger partial charge in [0.1, 0.15) is 0 Å². The lowest BCUT2D eigenvalue weighted by molar-refractivity contribution is -0.120. The van der Waals surface area contributed by atoms with Crippen LogP contribution >= 0.6 is 23.4 Å². The van der Waals surface area contributed by atoms with E-state index >= 15 is 0 Å². The second kappa shape index (κ2) is 8.59. The molecule has 2 aromatic carbocycles. The Morgan fingerprint density at radius 2 is 1.78 bits per heavy atom. The van der Waals surface area contributed by atoms with Gasteiger partial charge in [-0.25, -0.2) is 0 Å². The van der Waals surface area contributed by atoms with E-state index in [0.717, 1.165) is 21.9 Å². The van der Waals surface area contributed by atoms with Crippen LogP contribution in [-0.2, 0) is 16.0 Å². The Morgan fingerprint density at radius 1 is 1.07 bits per heavy atom. The molecule has 1 N–H and O–H groups in total. The SMILES string of the molecule is CC(C)(C(=O)Nc1ccc(SCc2cccnc2)cc1)c1ccc(Cl)cc1. The largest absolute Gasteiger partial charge is 0.325 e. The van der Waals surface area contributed by atoms with Crippen molar-refractivity contribution in [3.8, 4) is 0 Å². The lowest BCUT2D eigenvalue weighted by atomic mass is 9.83. The standard InChI is InChI=1S/C22H21ClN2OS/c1-22(2,17-5-7-18(23)8-6-17)21(26)25-19-9-11-20(12-10-19)27-15-16-4-3-13-24-14-16/h3-14H,15H2,1-2H3,(H,25,26). The average Bonchev–Trinajstić information content (AvgIpc) is 2.68. The molecule has 138 valence electrons. The van der Waals surface area contributed by atoms with Gasteiger partial charge in [0.2, 0.25) is 5.91 Å². The zero-order valence-electron chi connectivity index (χ0n) is 15.3. The number of nitrogens with one attached hydrogen (secondary N) is 1. The summed E-state index contributed by atoms with van der Waals surface area (Å²) in [6, 6.07) is 19.3. The minimum atomic E-state index is -0.654. The van der Waals surface area contributed by atoms with Crippen LogP contribution in [0.3, 0.4) is 0 Å². The molecule has 0 fully saturated rings. The lowest BCUT2D eigenvalue weighted by Crippen LogP contribution is -2.34. The number of aromatic nitrogens is 1. The predicted molar refractivity (Wildman–Crippen MR) is 113 cm³/mol. The first-order chi connectivity index (χ1) is 12.9. The van der Waals surface area contributed by atoms with E-state index in [-0.39, 0.29) is 5.91 Å². The molecule has 0 radical (unpaired) electrons. The number of nitrogens with zero attached hydrogens (tertiary/aromatic N) is 1. The van der Waals surface area contributed by atoms with Crippen molar-refractivity contribution in [1.29, 1.82) is 0 Å². The highest BCUT2D eigenvalue weighted by Crippen LogP contribution is 2.28. The van der Waals surface area contributed by atoms with Gasteiger partial charge in [-0.05, 0) is 67.4 Å². The van der Waals surface area contributed by atoms with E-state index in [4.69, 9.17) is 11.6 Å². The Morgan fingerprint density at radius 3 is 2.41 bits per heavy atom. The normalized spacial score (nSPS) is 11.2. The Kier molecular flexibility index (Phi) is 6.19. The van der Waals surface area contributed by atoms with Crippen LogP contribution in [0.4, 0.5) is 5.69 Å². The maximum atomic E-state index is 12.8. The number of benzene rings is 2. The number of hydrogen-bond donors (Lipinski definition) is 1. The molecular weight excluding hydrogens is 376 g/mol. The molecule has 1 amide bonds. The number of pyridine rings is 1. The third kappa shape index (κ3) is 5.12. The van der Waals surface area contributed by atoms with E-state index in [1.54, 1.807) is 30.1 Å². The first kappa shape index (κ1) is 19.5. The lowest BCUT2D eigenvalue weighted by Gasteiger charge is -2.24. The second-order valence-electron chi connectivity index (χ2n) is 6.76. The highest BCUT2D eigenvalue weighted by Gasteiger charge is 2.29. The van der Waals surface area contributed by atoms with Gasteiger partial charge in [-0.3, -0.25) is 9.78 Å². The van der Waals surface area contributed by atoms with Gasteiger partial charge < -0.3 is 5.32 Å². The summed E-state index contributed by atoms with van der Waals surface area (Å²) >= 11 is 7.68. The molecule has 5 heteroatoms. The summed E-state index contributed by atoms with van der Waals surface area (Å²) in [4.78, 5) is 18.0. The highest BCUT2D eigenvalue weighted by molar-refractivity contribution is 7.98. The topological polar surface area (TPSA) is 42.0 Å². The molecule has 1 heterocycles. The summed E-state index contributed by atoms with van der Waals surface area (Å²) in [7, 11) is 0. The van der Waals surface area contributed by atoms with E-state index in [9.17, 15) is 4.79 Å². The molecular formula is C22H21ClN2OS. The van der Waals surface area contributed by atoms with Crippen molar-refractivity contribution in [2.24, 2.45) is 0 Å². The number of thioether (sulfide) groups is 1. The molecule has 3 nitrogen and oxygen atoms in total. The van der Waals surface area contributed by atoms with Crippen LogP contribution in [0.5, 0.6) is 0 Å². The Balaban J connectivity index is 1.61. The van der Waals surface area contributed by atoms with Gasteiger partial charge in [0.25, 0.3) is 0 Å². The number of anilines is 1. The number of carbonyl (C=O) groups excluding carboxylic acids is 1. The first-order valence-corrected chi connectivity index (χ1v) is 10.0. The molecule has 0 aliphatic heterocycles. The van der Waals surface area contributed by atoms with E-state index in [1.165, 1.54) is 5.56 Å². The van der Waals surface area contributed by atoms with Gasteiger partial charge in [0, 0.05) is 33.8 Å². The zero-order valence-corrected chi connectivity index (χ0v) is 16.8. The predicted octanol–water partition coefficient (Wildman–Crippen LogP) is 5.94. The van der Waals surface area contributed by atoms with Crippen LogP contribution in [0.1, 0.15) is 25.0 Å². The van der Waals surface area contributed by atoms with Gasteiger partial charge in [-0.2, -0.15) is 0 Å². The van der Waals surface area contributed by atoms with E-state index in [1.807, 2.05) is 62.5 Å². The van der Waals surface area contributed by atoms with Crippen LogP contribution in [-0.4, -0.2) is 10.9 Å². The third-order valence-electron chi connectivity index (χ3n) is 4.37. The summed E-state index contributed by atoms with van der Waals surface area (Å²) in [6.45, 7) is 3.81. The Bertz CT molecular complexity index is 894. The van der Waals surface area contributed by atoms with Crippen LogP contribution in [0.15, 0.2) is 78.0 Å². The molecule has 0 bridgehead atoms. The molecule has 0 aliphatic carbocycles. The minimum Gasteiger partial charge on any atom is -0.325 e. The zero-order chi connectivity index (χ0) is 19.3. The van der Waals surface area contributed by atoms with E-state index in [2.05, 4.69) is 16.4 Å². The molecule has 3 rings (SSSR count). The van der Waals surface area contributed by atoms with Crippen LogP contribution in [0.25, 0.3) is 0 Å². The van der Waals surface area contributed by atoms with Crippen LogP contribution in [0.2, 0.25) is 5.02 Å². The molecule has 27 heavy (non-hydrogen) atoms. The summed E-state index contributed by atoms with van der Waals surface area (Å²) in [5.74, 6) is 0.809. The average molecular weight is 397 g/mol. The molecule has 0 spiro atoms. The molecule has 0 atom stereocenters. The van der Waals surface area contributed by atoms with Crippen molar-refractivity contribution >= 4 is 35.0 Å². The maximum absolute atomic E-state index is 12.8. The number of amides is 1. The van der Waals surface area contributed by atoms with Gasteiger partial charge in [-0.15, -0.1) is 11.8 Å². The first-order valence-electron chi connectivity index (χ1n) is 8.64. The number of rotatable bonds is 6. The molecule has 0 saturated carbocycles. The van der Waals surface area contributed by atoms with Crippen LogP contribution in [0, 0.1) is 0 Å². The molecule has 0 unspecified atom stereocenters. The van der Waals surface area contributed by atoms with Crippen molar-refractivity contribution in [1.82, 2.24) is 4.98 Å². The van der Waals surface area contributed by atoms with Crippen molar-refractivity contribution in [3.05, 3.63) is 89.2 Å². The number of carbonyl (C=O) groups is 1. The Labute approximate surface area is 169 Å². The van der Waals surface area contributed by atoms with Crippen molar-refractivity contribution in [3.63, 3.8) is 0 Å².